The second-order valence-electron chi connectivity index (χ2n) is 12.0. The summed E-state index contributed by atoms with van der Waals surface area (Å²) in [5.41, 5.74) is 2.98. The van der Waals surface area contributed by atoms with Gasteiger partial charge in [0.05, 0.1) is 11.7 Å². The molecule has 0 saturated carbocycles. The number of aromatic nitrogens is 2. The highest BCUT2D eigenvalue weighted by Crippen LogP contribution is 2.51. The molecule has 1 atom stereocenters. The maximum Gasteiger partial charge on any atom is 0.279 e. The minimum absolute atomic E-state index is 0.0963. The molecule has 6 rings (SSSR count). The number of halogens is 1. The monoisotopic (exact) mass is 580 g/mol. The van der Waals surface area contributed by atoms with Gasteiger partial charge in [0, 0.05) is 42.1 Å². The van der Waals surface area contributed by atoms with Crippen molar-refractivity contribution in [3.05, 3.63) is 112 Å². The van der Waals surface area contributed by atoms with E-state index in [1.165, 1.54) is 17.0 Å². The zero-order valence-electron chi connectivity index (χ0n) is 24.5. The number of benzene rings is 3. The van der Waals surface area contributed by atoms with E-state index >= 15 is 4.39 Å². The number of aromatic hydroxyl groups is 1. The van der Waals surface area contributed by atoms with E-state index in [0.717, 1.165) is 11.3 Å². The molecule has 4 aromatic rings. The van der Waals surface area contributed by atoms with Gasteiger partial charge in [-0.3, -0.25) is 19.2 Å². The van der Waals surface area contributed by atoms with Crippen LogP contribution < -0.4 is 15.0 Å². The zero-order chi connectivity index (χ0) is 30.5. The van der Waals surface area contributed by atoms with Crippen LogP contribution >= 0.6 is 0 Å². The summed E-state index contributed by atoms with van der Waals surface area (Å²) in [4.78, 5) is 29.7. The Bertz CT molecular complexity index is 1760. The molecule has 0 spiro atoms. The smallest absolute Gasteiger partial charge is 0.279 e. The second kappa shape index (κ2) is 10.7. The number of ether oxygens (including phenoxy) is 1. The number of amides is 1. The summed E-state index contributed by atoms with van der Waals surface area (Å²) in [6, 6.07) is 19.4. The van der Waals surface area contributed by atoms with Crippen LogP contribution in [0.2, 0.25) is 0 Å². The van der Waals surface area contributed by atoms with Crippen molar-refractivity contribution in [2.45, 2.75) is 46.3 Å². The Morgan fingerprint density at radius 3 is 2.56 bits per heavy atom. The molecule has 2 aliphatic rings. The Morgan fingerprint density at radius 1 is 1.09 bits per heavy atom. The SMILES string of the molecule is Cc1cc(C(=O)N2c3cccc(O)c3NC3=C(C(=O)CC(C)(C)C3)C2c2ccc(OCc3ccccc3)cc2F)nn1C. The van der Waals surface area contributed by atoms with E-state index < -0.39 is 17.8 Å². The lowest BCUT2D eigenvalue weighted by Gasteiger charge is -2.37. The van der Waals surface area contributed by atoms with Crippen molar-refractivity contribution < 1.29 is 23.8 Å². The van der Waals surface area contributed by atoms with Gasteiger partial charge in [-0.2, -0.15) is 5.10 Å². The van der Waals surface area contributed by atoms with Crippen LogP contribution in [0.3, 0.4) is 0 Å². The van der Waals surface area contributed by atoms with Crippen molar-refractivity contribution in [2.75, 3.05) is 10.2 Å². The van der Waals surface area contributed by atoms with E-state index in [0.29, 0.717) is 23.6 Å². The van der Waals surface area contributed by atoms with Gasteiger partial charge < -0.3 is 15.2 Å². The average Bonchev–Trinajstić information content (AvgIpc) is 3.22. The number of phenols is 1. The third kappa shape index (κ3) is 5.27. The van der Waals surface area contributed by atoms with Gasteiger partial charge >= 0.3 is 0 Å². The molecule has 2 N–H and O–H groups in total. The number of fused-ring (bicyclic) bond motifs is 1. The van der Waals surface area contributed by atoms with Crippen molar-refractivity contribution in [1.82, 2.24) is 9.78 Å². The van der Waals surface area contributed by atoms with Crippen LogP contribution in [-0.2, 0) is 18.4 Å². The molecule has 3 aromatic carbocycles. The van der Waals surface area contributed by atoms with E-state index in [2.05, 4.69) is 10.4 Å². The third-order valence-corrected chi connectivity index (χ3v) is 8.07. The highest BCUT2D eigenvalue weighted by atomic mass is 19.1. The molecule has 2 heterocycles. The maximum absolute atomic E-state index is 16.3. The number of allylic oxidation sites excluding steroid dienone is 1. The summed E-state index contributed by atoms with van der Waals surface area (Å²) in [7, 11) is 1.73. The summed E-state index contributed by atoms with van der Waals surface area (Å²) in [6.07, 6.45) is 0.680. The molecule has 1 aliphatic carbocycles. The molecule has 0 saturated heterocycles. The first-order chi connectivity index (χ1) is 20.5. The Kier molecular flexibility index (Phi) is 7.04. The number of hydrogen-bond acceptors (Lipinski definition) is 6. The first-order valence-corrected chi connectivity index (χ1v) is 14.2. The van der Waals surface area contributed by atoms with Crippen LogP contribution in [0, 0.1) is 18.2 Å². The van der Waals surface area contributed by atoms with Crippen LogP contribution in [-0.4, -0.2) is 26.6 Å². The number of hydrogen-bond donors (Lipinski definition) is 2. The van der Waals surface area contributed by atoms with Crippen LogP contribution in [0.15, 0.2) is 84.1 Å². The quantitative estimate of drug-likeness (QED) is 0.258. The molecule has 43 heavy (non-hydrogen) atoms. The van der Waals surface area contributed by atoms with Gasteiger partial charge in [-0.25, -0.2) is 4.39 Å². The van der Waals surface area contributed by atoms with Gasteiger partial charge in [0.2, 0.25) is 0 Å². The number of Topliss-reactive ketones (excluding diaryl/α,β-unsaturated/α-hetero) is 1. The highest BCUT2D eigenvalue weighted by molar-refractivity contribution is 6.11. The van der Waals surface area contributed by atoms with E-state index in [-0.39, 0.29) is 52.5 Å². The van der Waals surface area contributed by atoms with Gasteiger partial charge in [-0.05, 0) is 54.7 Å². The topological polar surface area (TPSA) is 96.7 Å². The number of para-hydroxylation sites is 1. The molecule has 9 heteroatoms. The number of ketones is 1. The molecule has 1 aromatic heterocycles. The number of phenolic OH excluding ortho intramolecular Hbond substituents is 1. The molecule has 220 valence electrons. The van der Waals surface area contributed by atoms with Gasteiger partial charge in [-0.15, -0.1) is 0 Å². The van der Waals surface area contributed by atoms with E-state index in [9.17, 15) is 14.7 Å². The Labute approximate surface area is 249 Å². The summed E-state index contributed by atoms with van der Waals surface area (Å²) in [5, 5.41) is 18.7. The lowest BCUT2D eigenvalue weighted by Crippen LogP contribution is -2.40. The fraction of sp³-hybridized carbons (Fsp3) is 0.265. The molecule has 0 radical (unpaired) electrons. The van der Waals surface area contributed by atoms with E-state index in [1.807, 2.05) is 51.1 Å². The van der Waals surface area contributed by atoms with Crippen LogP contribution in [0.25, 0.3) is 0 Å². The fourth-order valence-corrected chi connectivity index (χ4v) is 5.91. The van der Waals surface area contributed by atoms with Gasteiger partial charge in [0.1, 0.15) is 29.6 Å². The van der Waals surface area contributed by atoms with Gasteiger partial charge in [-0.1, -0.05) is 50.2 Å². The molecule has 8 nitrogen and oxygen atoms in total. The van der Waals surface area contributed by atoms with Crippen LogP contribution in [0.5, 0.6) is 11.5 Å². The minimum atomic E-state index is -1.13. The normalized spacial score (nSPS) is 17.6. The lowest BCUT2D eigenvalue weighted by atomic mass is 9.73. The predicted octanol–water partition coefficient (Wildman–Crippen LogP) is 6.61. The number of carbonyl (C=O) groups is 2. The van der Waals surface area contributed by atoms with E-state index in [1.54, 1.807) is 42.1 Å². The van der Waals surface area contributed by atoms with Crippen molar-refractivity contribution in [2.24, 2.45) is 12.5 Å². The van der Waals surface area contributed by atoms with Gasteiger partial charge in [0.15, 0.2) is 11.5 Å². The minimum Gasteiger partial charge on any atom is -0.506 e. The summed E-state index contributed by atoms with van der Waals surface area (Å²) >= 11 is 0. The number of nitrogens with zero attached hydrogens (tertiary/aromatic N) is 3. The summed E-state index contributed by atoms with van der Waals surface area (Å²) in [6.45, 7) is 6.06. The third-order valence-electron chi connectivity index (χ3n) is 8.07. The largest absolute Gasteiger partial charge is 0.506 e. The number of aryl methyl sites for hydroxylation is 2. The Morgan fingerprint density at radius 2 is 1.86 bits per heavy atom. The van der Waals surface area contributed by atoms with Crippen molar-refractivity contribution in [3.8, 4) is 11.5 Å². The number of carbonyl (C=O) groups excluding carboxylic acids is 2. The standard InChI is InChI=1S/C34H33FN4O4/c1-20-15-25(37-38(20)4)33(42)39-27-11-8-12-28(40)31(27)36-26-17-34(2,3)18-29(41)30(26)32(39)23-14-13-22(16-24(23)35)43-19-21-9-6-5-7-10-21/h5-16,32,36,40H,17-19H2,1-4H3. The lowest BCUT2D eigenvalue weighted by molar-refractivity contribution is -0.118. The Hall–Kier alpha value is -4.92. The first kappa shape index (κ1) is 28.2. The predicted molar refractivity (Wildman–Crippen MR) is 161 cm³/mol. The molecule has 1 aliphatic heterocycles. The van der Waals surface area contributed by atoms with Gasteiger partial charge in [0.25, 0.3) is 5.91 Å². The molecule has 0 bridgehead atoms. The van der Waals surface area contributed by atoms with Crippen LogP contribution in [0.1, 0.15) is 60.0 Å². The summed E-state index contributed by atoms with van der Waals surface area (Å²) < 4.78 is 23.7. The van der Waals surface area contributed by atoms with E-state index in [4.69, 9.17) is 4.74 Å². The second-order valence-corrected chi connectivity index (χ2v) is 12.0. The first-order valence-electron chi connectivity index (χ1n) is 14.2. The number of anilines is 2. The average molecular weight is 581 g/mol. The molecular formula is C34H33FN4O4. The highest BCUT2D eigenvalue weighted by Gasteiger charge is 2.45. The number of rotatable bonds is 5. The Balaban J connectivity index is 1.53. The fourth-order valence-electron chi connectivity index (χ4n) is 5.91. The maximum atomic E-state index is 16.3. The van der Waals surface area contributed by atoms with Crippen LogP contribution in [0.4, 0.5) is 15.8 Å². The zero-order valence-corrected chi connectivity index (χ0v) is 24.5. The van der Waals surface area contributed by atoms with Crippen molar-refractivity contribution in [3.63, 3.8) is 0 Å². The molecule has 0 fully saturated rings. The number of nitrogens with one attached hydrogen (secondary N) is 1. The molecular weight excluding hydrogens is 547 g/mol. The summed E-state index contributed by atoms with van der Waals surface area (Å²) in [5.74, 6) is -1.13. The van der Waals surface area contributed by atoms with Crippen molar-refractivity contribution >= 4 is 23.1 Å². The molecule has 1 amide bonds. The molecule has 1 unspecified atom stereocenters. The van der Waals surface area contributed by atoms with Crippen molar-refractivity contribution in [1.29, 1.82) is 0 Å².